The van der Waals surface area contributed by atoms with Crippen molar-refractivity contribution in [2.75, 3.05) is 0 Å². The molecule has 0 rings (SSSR count). The van der Waals surface area contributed by atoms with Gasteiger partial charge in [-0.1, -0.05) is 50.5 Å². The molecule has 1 nitrogen and oxygen atoms in total. The van der Waals surface area contributed by atoms with Gasteiger partial charge in [-0.2, -0.15) is 0 Å². The van der Waals surface area contributed by atoms with Crippen molar-refractivity contribution >= 4 is 5.78 Å². The lowest BCUT2D eigenvalue weighted by Crippen LogP contribution is -1.97. The van der Waals surface area contributed by atoms with Crippen molar-refractivity contribution in [3.63, 3.8) is 0 Å². The van der Waals surface area contributed by atoms with Gasteiger partial charge < -0.3 is 0 Å². The quantitative estimate of drug-likeness (QED) is 0.409. The second-order valence-electron chi connectivity index (χ2n) is 4.46. The Balaban J connectivity index is 5.14. The molecule has 0 aromatic carbocycles. The van der Waals surface area contributed by atoms with Crippen molar-refractivity contribution in [2.45, 2.75) is 34.6 Å². The van der Waals surface area contributed by atoms with Gasteiger partial charge in [0.05, 0.1) is 0 Å². The van der Waals surface area contributed by atoms with Crippen molar-refractivity contribution in [1.29, 1.82) is 0 Å². The molecule has 1 heteroatoms. The lowest BCUT2D eigenvalue weighted by molar-refractivity contribution is -0.113. The maximum Gasteiger partial charge on any atom is 0.159 e. The second kappa shape index (κ2) is 8.31. The Morgan fingerprint density at radius 2 is 1.83 bits per heavy atom. The normalized spacial score (nSPS) is 12.6. The first-order valence-corrected chi connectivity index (χ1v) is 6.11. The highest BCUT2D eigenvalue weighted by molar-refractivity contribution is 5.95. The van der Waals surface area contributed by atoms with Crippen molar-refractivity contribution in [3.05, 3.63) is 47.6 Å². The van der Waals surface area contributed by atoms with Crippen LogP contribution in [0.4, 0.5) is 0 Å². The molecule has 0 bridgehead atoms. The van der Waals surface area contributed by atoms with E-state index in [1.165, 1.54) is 6.92 Å². The van der Waals surface area contributed by atoms with E-state index in [0.29, 0.717) is 5.57 Å². The van der Waals surface area contributed by atoms with Gasteiger partial charge >= 0.3 is 0 Å². The number of carbonyl (C=O) groups is 1. The van der Waals surface area contributed by atoms with Crippen LogP contribution in [0.5, 0.6) is 0 Å². The van der Waals surface area contributed by atoms with Gasteiger partial charge in [0.25, 0.3) is 0 Å². The number of rotatable bonds is 4. The number of hydrogen-bond donors (Lipinski definition) is 0. The van der Waals surface area contributed by atoms with Crippen LogP contribution in [0.2, 0.25) is 0 Å². The summed E-state index contributed by atoms with van der Waals surface area (Å²) in [6, 6.07) is 0. The largest absolute Gasteiger partial charge is 0.295 e. The van der Waals surface area contributed by atoms with Crippen molar-refractivity contribution in [2.24, 2.45) is 5.92 Å². The summed E-state index contributed by atoms with van der Waals surface area (Å²) in [5.41, 5.74) is 2.43. The van der Waals surface area contributed by atoms with Crippen LogP contribution in [0.15, 0.2) is 47.6 Å². The van der Waals surface area contributed by atoms with Crippen LogP contribution in [0, 0.1) is 17.8 Å². The Bertz CT molecular complexity index is 460. The van der Waals surface area contributed by atoms with Crippen LogP contribution in [0.1, 0.15) is 34.6 Å². The molecule has 0 radical (unpaired) electrons. The van der Waals surface area contributed by atoms with E-state index < -0.39 is 0 Å². The summed E-state index contributed by atoms with van der Waals surface area (Å²) in [5.74, 6) is 6.46. The molecule has 0 heterocycles. The summed E-state index contributed by atoms with van der Waals surface area (Å²) in [6.45, 7) is 13.3. The van der Waals surface area contributed by atoms with E-state index in [1.807, 2.05) is 32.1 Å². The number of ketones is 1. The molecule has 0 fully saturated rings. The molecule has 0 aliphatic heterocycles. The molecular weight excluding hydrogens is 220 g/mol. The van der Waals surface area contributed by atoms with Gasteiger partial charge in [0.2, 0.25) is 0 Å². The van der Waals surface area contributed by atoms with Crippen molar-refractivity contribution < 1.29 is 4.79 Å². The molecule has 0 saturated heterocycles. The number of hydrogen-bond acceptors (Lipinski definition) is 1. The minimum absolute atomic E-state index is 0.0175. The molecule has 0 saturated carbocycles. The first-order chi connectivity index (χ1) is 8.38. The maximum atomic E-state index is 11.2. The summed E-state index contributed by atoms with van der Waals surface area (Å²) < 4.78 is 0. The fourth-order valence-electron chi connectivity index (χ4n) is 1.09. The van der Waals surface area contributed by atoms with Gasteiger partial charge in [-0.25, -0.2) is 0 Å². The fraction of sp³-hybridized carbons (Fsp3) is 0.353. The van der Waals surface area contributed by atoms with Gasteiger partial charge in [0.15, 0.2) is 5.78 Å². The molecule has 0 atom stereocenters. The Morgan fingerprint density at radius 1 is 1.22 bits per heavy atom. The zero-order chi connectivity index (χ0) is 14.1. The Hall–Kier alpha value is -1.81. The van der Waals surface area contributed by atoms with E-state index >= 15 is 0 Å². The molecule has 0 spiro atoms. The van der Waals surface area contributed by atoms with Crippen LogP contribution < -0.4 is 0 Å². The van der Waals surface area contributed by atoms with E-state index in [2.05, 4.69) is 32.3 Å². The molecule has 0 aliphatic carbocycles. The number of allylic oxidation sites excluding steroid dienone is 7. The highest BCUT2D eigenvalue weighted by Gasteiger charge is 2.03. The molecule has 18 heavy (non-hydrogen) atoms. The van der Waals surface area contributed by atoms with Crippen LogP contribution in [0.25, 0.3) is 0 Å². The Labute approximate surface area is 111 Å². The smallest absolute Gasteiger partial charge is 0.159 e. The van der Waals surface area contributed by atoms with Gasteiger partial charge in [-0.3, -0.25) is 4.79 Å². The molecule has 96 valence electrons. The molecule has 0 aromatic heterocycles. The number of carbonyl (C=O) groups excluding carboxylic acids is 1. The third-order valence-corrected chi connectivity index (χ3v) is 2.35. The van der Waals surface area contributed by atoms with Crippen molar-refractivity contribution in [1.82, 2.24) is 0 Å². The molecule has 0 aromatic rings. The minimum Gasteiger partial charge on any atom is -0.295 e. The van der Waals surface area contributed by atoms with Gasteiger partial charge in [0.1, 0.15) is 0 Å². The third-order valence-electron chi connectivity index (χ3n) is 2.35. The molecular formula is C17H22O. The standard InChI is InChI=1S/C17H22O/c1-7-8-9-14(4)10-11-17(13(2)3)12-15(5)16(6)18/h7-9,12-13H,5H2,1-4,6H3/b8-7-,14-9+,17-12-. The van der Waals surface area contributed by atoms with Crippen LogP contribution >= 0.6 is 0 Å². The van der Waals surface area contributed by atoms with Gasteiger partial charge in [-0.05, 0) is 38.3 Å². The lowest BCUT2D eigenvalue weighted by atomic mass is 10.00. The lowest BCUT2D eigenvalue weighted by Gasteiger charge is -2.04. The van der Waals surface area contributed by atoms with E-state index in [1.54, 1.807) is 6.08 Å². The van der Waals surface area contributed by atoms with E-state index in [4.69, 9.17) is 0 Å². The van der Waals surface area contributed by atoms with Crippen LogP contribution in [0.3, 0.4) is 0 Å². The zero-order valence-corrected chi connectivity index (χ0v) is 12.0. The van der Waals surface area contributed by atoms with Crippen LogP contribution in [-0.4, -0.2) is 5.78 Å². The highest BCUT2D eigenvalue weighted by Crippen LogP contribution is 2.11. The topological polar surface area (TPSA) is 17.1 Å². The second-order valence-corrected chi connectivity index (χ2v) is 4.46. The molecule has 0 amide bonds. The molecule has 0 aliphatic rings. The third kappa shape index (κ3) is 6.70. The van der Waals surface area contributed by atoms with Crippen LogP contribution in [-0.2, 0) is 4.79 Å². The van der Waals surface area contributed by atoms with Gasteiger partial charge in [0, 0.05) is 11.1 Å². The van der Waals surface area contributed by atoms with E-state index in [0.717, 1.165) is 11.1 Å². The average molecular weight is 242 g/mol. The first kappa shape index (κ1) is 16.2. The van der Waals surface area contributed by atoms with Crippen molar-refractivity contribution in [3.8, 4) is 11.8 Å². The summed E-state index contributed by atoms with van der Waals surface area (Å²) in [7, 11) is 0. The SMILES string of the molecule is C=C(/C=C(/C#C/C(C)=C/C=C\C)C(C)C)C(C)=O. The fourth-order valence-corrected chi connectivity index (χ4v) is 1.09. The summed E-state index contributed by atoms with van der Waals surface area (Å²) in [5, 5.41) is 0. The summed E-state index contributed by atoms with van der Waals surface area (Å²) >= 11 is 0. The Morgan fingerprint density at radius 3 is 2.28 bits per heavy atom. The Kier molecular flexibility index (Phi) is 7.47. The average Bonchev–Trinajstić information content (AvgIpc) is 2.30. The predicted octanol–water partition coefficient (Wildman–Crippen LogP) is 4.24. The maximum absolute atomic E-state index is 11.2. The van der Waals surface area contributed by atoms with E-state index in [9.17, 15) is 4.79 Å². The highest BCUT2D eigenvalue weighted by atomic mass is 16.1. The zero-order valence-electron chi connectivity index (χ0n) is 12.0. The summed E-state index contributed by atoms with van der Waals surface area (Å²) in [6.07, 6.45) is 7.66. The molecule has 0 unspecified atom stereocenters. The number of Topliss-reactive ketones (excluding diaryl/α,β-unsaturated/α-hetero) is 1. The monoisotopic (exact) mass is 242 g/mol. The molecule has 0 N–H and O–H groups in total. The minimum atomic E-state index is -0.0175. The first-order valence-electron chi connectivity index (χ1n) is 6.11. The predicted molar refractivity (Wildman–Crippen MR) is 79.1 cm³/mol. The van der Waals surface area contributed by atoms with E-state index in [-0.39, 0.29) is 11.7 Å². The van der Waals surface area contributed by atoms with Gasteiger partial charge in [-0.15, -0.1) is 0 Å². The summed E-state index contributed by atoms with van der Waals surface area (Å²) in [4.78, 5) is 11.2.